The normalized spacial score (nSPS) is 14.4. The Labute approximate surface area is 326 Å². The zero-order chi connectivity index (χ0) is 38.5. The molecule has 0 aliphatic rings. The van der Waals surface area contributed by atoms with Crippen LogP contribution in [0.3, 0.4) is 0 Å². The summed E-state index contributed by atoms with van der Waals surface area (Å²) in [5.74, 6) is 5.95. The minimum atomic E-state index is 0.542. The number of rotatable bonds is 24. The lowest BCUT2D eigenvalue weighted by Crippen LogP contribution is -2.09. The Bertz CT molecular complexity index is 1750. The van der Waals surface area contributed by atoms with Crippen LogP contribution < -0.4 is 9.47 Å². The first-order chi connectivity index (χ1) is 26.0. The van der Waals surface area contributed by atoms with Gasteiger partial charge in [-0.2, -0.15) is 0 Å². The predicted octanol–water partition coefficient (Wildman–Crippen LogP) is 14.0. The lowest BCUT2D eigenvalue weighted by atomic mass is 9.93. The molecule has 2 aromatic heterocycles. The highest BCUT2D eigenvalue weighted by Gasteiger charge is 2.16. The van der Waals surface area contributed by atoms with Crippen molar-refractivity contribution in [1.82, 2.24) is 19.9 Å². The lowest BCUT2D eigenvalue weighted by molar-refractivity contribution is 0.237. The lowest BCUT2D eigenvalue weighted by Gasteiger charge is -2.18. The van der Waals surface area contributed by atoms with E-state index in [-0.39, 0.29) is 0 Å². The van der Waals surface area contributed by atoms with Gasteiger partial charge in [-0.05, 0) is 71.3 Å². The van der Waals surface area contributed by atoms with Gasteiger partial charge in [0.2, 0.25) is 0 Å². The van der Waals surface area contributed by atoms with Crippen LogP contribution in [0.15, 0.2) is 48.5 Å². The summed E-state index contributed by atoms with van der Waals surface area (Å²) < 4.78 is 13.0. The van der Waals surface area contributed by atoms with Gasteiger partial charge in [-0.1, -0.05) is 157 Å². The van der Waals surface area contributed by atoms with Crippen molar-refractivity contribution in [3.05, 3.63) is 48.5 Å². The number of ether oxygens (including phenoxy) is 2. The van der Waals surface area contributed by atoms with Gasteiger partial charge in [0.1, 0.15) is 0 Å². The number of benzene rings is 3. The summed E-state index contributed by atoms with van der Waals surface area (Å²) in [4.78, 5) is 19.7. The minimum Gasteiger partial charge on any atom is -0.490 e. The molecule has 4 unspecified atom stereocenters. The van der Waals surface area contributed by atoms with E-state index in [0.717, 1.165) is 80.9 Å². The van der Waals surface area contributed by atoms with Crippen molar-refractivity contribution in [3.8, 4) is 11.5 Å². The molecule has 6 heteroatoms. The number of hydrogen-bond acceptors (Lipinski definition) is 6. The molecule has 0 aliphatic heterocycles. The van der Waals surface area contributed by atoms with Crippen LogP contribution in [0.1, 0.15) is 145 Å². The molecule has 0 saturated carbocycles. The van der Waals surface area contributed by atoms with Gasteiger partial charge in [-0.3, -0.25) is 0 Å². The van der Waals surface area contributed by atoms with Crippen molar-refractivity contribution in [1.29, 1.82) is 0 Å². The first-order valence-electron chi connectivity index (χ1n) is 21.6. The Hall–Kier alpha value is -3.54. The maximum atomic E-state index is 6.52. The molecule has 0 bridgehead atoms. The van der Waals surface area contributed by atoms with Gasteiger partial charge in [-0.15, -0.1) is 0 Å². The third kappa shape index (κ3) is 13.0. The van der Waals surface area contributed by atoms with Crippen molar-refractivity contribution in [2.24, 2.45) is 35.5 Å². The van der Waals surface area contributed by atoms with Crippen LogP contribution >= 0.6 is 0 Å². The number of aromatic nitrogens is 4. The van der Waals surface area contributed by atoms with Gasteiger partial charge in [0, 0.05) is 12.1 Å². The van der Waals surface area contributed by atoms with Crippen LogP contribution in [0.5, 0.6) is 11.5 Å². The highest BCUT2D eigenvalue weighted by atomic mass is 16.5. The molecular formula is C48H70N4O2. The third-order valence-corrected chi connectivity index (χ3v) is 11.5. The van der Waals surface area contributed by atoms with E-state index in [2.05, 4.69) is 79.7 Å². The Morgan fingerprint density at radius 1 is 0.407 bits per heavy atom. The fourth-order valence-electron chi connectivity index (χ4n) is 7.74. The van der Waals surface area contributed by atoms with E-state index in [0.29, 0.717) is 36.3 Å². The molecule has 3 aromatic carbocycles. The summed E-state index contributed by atoms with van der Waals surface area (Å²) in [6.07, 6.45) is 17.9. The number of fused-ring (bicyclic) bond motifs is 4. The van der Waals surface area contributed by atoms with Crippen molar-refractivity contribution in [2.45, 2.75) is 145 Å². The molecular weight excluding hydrogens is 665 g/mol. The number of hydrogen-bond donors (Lipinski definition) is 0. The summed E-state index contributed by atoms with van der Waals surface area (Å²) in [7, 11) is 0. The van der Waals surface area contributed by atoms with Crippen LogP contribution in [0.25, 0.3) is 44.1 Å². The molecule has 294 valence electrons. The molecule has 54 heavy (non-hydrogen) atoms. The first-order valence-corrected chi connectivity index (χ1v) is 21.6. The van der Waals surface area contributed by atoms with Gasteiger partial charge in [0.25, 0.3) is 0 Å². The largest absolute Gasteiger partial charge is 0.490 e. The smallest absolute Gasteiger partial charge is 0.199 e. The molecule has 4 atom stereocenters. The fraction of sp³-hybridized carbons (Fsp3) is 0.625. The second-order valence-corrected chi connectivity index (χ2v) is 17.8. The Morgan fingerprint density at radius 2 is 0.722 bits per heavy atom. The van der Waals surface area contributed by atoms with E-state index >= 15 is 0 Å². The molecule has 6 nitrogen and oxygen atoms in total. The average molecular weight is 735 g/mol. The minimum absolute atomic E-state index is 0.542. The van der Waals surface area contributed by atoms with Gasteiger partial charge in [-0.25, -0.2) is 19.9 Å². The van der Waals surface area contributed by atoms with Crippen molar-refractivity contribution in [2.75, 3.05) is 13.2 Å². The topological polar surface area (TPSA) is 70.0 Å². The average Bonchev–Trinajstić information content (AvgIpc) is 3.12. The van der Waals surface area contributed by atoms with Crippen LogP contribution in [-0.2, 0) is 0 Å². The van der Waals surface area contributed by atoms with Gasteiger partial charge in [0.05, 0.1) is 35.3 Å². The quantitative estimate of drug-likeness (QED) is 0.0588. The van der Waals surface area contributed by atoms with Gasteiger partial charge >= 0.3 is 0 Å². The van der Waals surface area contributed by atoms with Crippen LogP contribution in [0, 0.1) is 35.5 Å². The van der Waals surface area contributed by atoms with E-state index in [1.54, 1.807) is 0 Å². The summed E-state index contributed by atoms with van der Waals surface area (Å²) >= 11 is 0. The summed E-state index contributed by atoms with van der Waals surface area (Å²) in [6, 6.07) is 16.5. The second kappa shape index (κ2) is 20.9. The molecule has 2 heterocycles. The van der Waals surface area contributed by atoms with E-state index < -0.39 is 0 Å². The van der Waals surface area contributed by atoms with Crippen molar-refractivity contribution in [3.63, 3.8) is 0 Å². The SMILES string of the molecule is CC(C)CCCC(C)CCCC(C)CCOc1cc2nc3nc4cc5ccccc5cc4nc3nc2cc1OCCC(C)CCCC(C)CCCC(C)C. The van der Waals surface area contributed by atoms with Crippen molar-refractivity contribution >= 4 is 44.1 Å². The van der Waals surface area contributed by atoms with Crippen LogP contribution in [-0.4, -0.2) is 33.1 Å². The van der Waals surface area contributed by atoms with Crippen LogP contribution in [0.4, 0.5) is 0 Å². The van der Waals surface area contributed by atoms with Gasteiger partial charge in [0.15, 0.2) is 22.8 Å². The monoisotopic (exact) mass is 735 g/mol. The molecule has 0 N–H and O–H groups in total. The fourth-order valence-corrected chi connectivity index (χ4v) is 7.74. The number of nitrogens with zero attached hydrogens (tertiary/aromatic N) is 4. The molecule has 0 radical (unpaired) electrons. The molecule has 0 fully saturated rings. The molecule has 0 aliphatic carbocycles. The highest BCUT2D eigenvalue weighted by Crippen LogP contribution is 2.34. The molecule has 0 saturated heterocycles. The summed E-state index contributed by atoms with van der Waals surface area (Å²) in [5, 5.41) is 2.27. The maximum absolute atomic E-state index is 6.52. The Balaban J connectivity index is 1.23. The molecule has 0 amide bonds. The summed E-state index contributed by atoms with van der Waals surface area (Å²) in [5.41, 5.74) is 4.21. The van der Waals surface area contributed by atoms with E-state index in [9.17, 15) is 0 Å². The highest BCUT2D eigenvalue weighted by molar-refractivity contribution is 5.97. The van der Waals surface area contributed by atoms with E-state index in [1.807, 2.05) is 24.3 Å². The Kier molecular flexibility index (Phi) is 16.1. The van der Waals surface area contributed by atoms with Gasteiger partial charge < -0.3 is 9.47 Å². The van der Waals surface area contributed by atoms with E-state index in [1.165, 1.54) is 77.0 Å². The zero-order valence-electron chi connectivity index (χ0n) is 35.0. The molecule has 5 rings (SSSR count). The summed E-state index contributed by atoms with van der Waals surface area (Å²) in [6.45, 7) is 20.2. The van der Waals surface area contributed by atoms with Crippen LogP contribution in [0.2, 0.25) is 0 Å². The molecule has 5 aromatic rings. The maximum Gasteiger partial charge on any atom is 0.199 e. The van der Waals surface area contributed by atoms with Crippen molar-refractivity contribution < 1.29 is 9.47 Å². The molecule has 0 spiro atoms. The zero-order valence-corrected chi connectivity index (χ0v) is 35.0. The Morgan fingerprint density at radius 3 is 1.07 bits per heavy atom. The standard InChI is InChI=1S/C48H70N4O2/c1-33(2)15-11-17-35(5)19-13-21-37(7)25-27-53-45-31-43-44(32-46(45)54-28-26-38(8)22-14-20-36(6)18-12-16-34(3)4)52-48-47(51-43)49-41-29-39-23-9-10-24-40(39)30-42(41)50-48/h9-10,23-24,29-38H,11-22,25-28H2,1-8H3. The third-order valence-electron chi connectivity index (χ3n) is 11.5. The van der Waals surface area contributed by atoms with E-state index in [4.69, 9.17) is 29.4 Å². The predicted molar refractivity (Wildman–Crippen MR) is 230 cm³/mol. The first kappa shape index (κ1) is 41.6. The second-order valence-electron chi connectivity index (χ2n) is 17.8.